The Morgan fingerprint density at radius 2 is 1.85 bits per heavy atom. The topological polar surface area (TPSA) is 64.0 Å². The lowest BCUT2D eigenvalue weighted by Gasteiger charge is -2.13. The molecule has 0 saturated carbocycles. The summed E-state index contributed by atoms with van der Waals surface area (Å²) in [7, 11) is 0. The predicted molar refractivity (Wildman–Crippen MR) is 103 cm³/mol. The molecule has 0 radical (unpaired) electrons. The van der Waals surface area contributed by atoms with Crippen molar-refractivity contribution in [1.29, 1.82) is 0 Å². The van der Waals surface area contributed by atoms with Crippen molar-refractivity contribution < 1.29 is 4.79 Å². The Hall–Kier alpha value is -2.92. The van der Waals surface area contributed by atoms with Crippen LogP contribution in [0.15, 0.2) is 59.4 Å². The van der Waals surface area contributed by atoms with E-state index in [4.69, 9.17) is 11.6 Å². The van der Waals surface area contributed by atoms with Crippen molar-refractivity contribution in [3.8, 4) is 11.3 Å². The first-order chi connectivity index (χ1) is 12.5. The smallest absolute Gasteiger partial charge is 0.254 e. The molecule has 3 rings (SSSR count). The highest BCUT2D eigenvalue weighted by atomic mass is 35.5. The summed E-state index contributed by atoms with van der Waals surface area (Å²) in [4.78, 5) is 29.3. The molecule has 1 aromatic heterocycles. The van der Waals surface area contributed by atoms with Crippen LogP contribution >= 0.6 is 11.6 Å². The monoisotopic (exact) mass is 367 g/mol. The molecule has 2 aromatic carbocycles. The number of halogens is 1. The van der Waals surface area contributed by atoms with Crippen molar-refractivity contribution in [1.82, 2.24) is 9.55 Å². The van der Waals surface area contributed by atoms with Gasteiger partial charge in [0.2, 0.25) is 5.91 Å². The lowest BCUT2D eigenvalue weighted by Crippen LogP contribution is -2.30. The van der Waals surface area contributed by atoms with Gasteiger partial charge in [-0.3, -0.25) is 14.2 Å². The van der Waals surface area contributed by atoms with Crippen LogP contribution in [-0.2, 0) is 11.3 Å². The molecule has 26 heavy (non-hydrogen) atoms. The van der Waals surface area contributed by atoms with Gasteiger partial charge in [0.05, 0.1) is 5.69 Å². The molecule has 0 unspecified atom stereocenters. The number of nitrogens with one attached hydrogen (secondary N) is 1. The summed E-state index contributed by atoms with van der Waals surface area (Å²) < 4.78 is 1.35. The SMILES string of the molecule is Cc1c(Cl)cccc1NC(=O)Cn1c(C)nc(-c2ccccc2)cc1=O. The molecular formula is C20H18ClN3O2. The van der Waals surface area contributed by atoms with Crippen LogP contribution in [0.5, 0.6) is 0 Å². The molecule has 0 aliphatic heterocycles. The minimum absolute atomic E-state index is 0.112. The molecule has 6 heteroatoms. The zero-order chi connectivity index (χ0) is 18.7. The number of anilines is 1. The largest absolute Gasteiger partial charge is 0.324 e. The molecule has 132 valence electrons. The molecule has 1 N–H and O–H groups in total. The van der Waals surface area contributed by atoms with E-state index in [1.165, 1.54) is 10.6 Å². The first-order valence-electron chi connectivity index (χ1n) is 8.14. The minimum atomic E-state index is -0.310. The number of carbonyl (C=O) groups excluding carboxylic acids is 1. The molecule has 0 spiro atoms. The molecule has 1 amide bonds. The van der Waals surface area contributed by atoms with Gasteiger partial charge in [-0.15, -0.1) is 0 Å². The highest BCUT2D eigenvalue weighted by molar-refractivity contribution is 6.31. The quantitative estimate of drug-likeness (QED) is 0.762. The highest BCUT2D eigenvalue weighted by Crippen LogP contribution is 2.23. The summed E-state index contributed by atoms with van der Waals surface area (Å²) in [6.45, 7) is 3.43. The normalized spacial score (nSPS) is 10.6. The van der Waals surface area contributed by atoms with E-state index in [0.717, 1.165) is 11.1 Å². The second-order valence-electron chi connectivity index (χ2n) is 5.94. The Kier molecular flexibility index (Phi) is 5.19. The Morgan fingerprint density at radius 3 is 2.54 bits per heavy atom. The summed E-state index contributed by atoms with van der Waals surface area (Å²) >= 11 is 6.07. The van der Waals surface area contributed by atoms with Gasteiger partial charge in [0.15, 0.2) is 0 Å². The molecule has 0 aliphatic rings. The Balaban J connectivity index is 1.83. The summed E-state index contributed by atoms with van der Waals surface area (Å²) in [5, 5.41) is 3.36. The van der Waals surface area contributed by atoms with Crippen LogP contribution in [0.1, 0.15) is 11.4 Å². The number of rotatable bonds is 4. The van der Waals surface area contributed by atoms with Gasteiger partial charge in [0.1, 0.15) is 12.4 Å². The number of nitrogens with zero attached hydrogens (tertiary/aromatic N) is 2. The average Bonchev–Trinajstić information content (AvgIpc) is 2.62. The summed E-state index contributed by atoms with van der Waals surface area (Å²) in [5.74, 6) is 0.171. The van der Waals surface area contributed by atoms with Gasteiger partial charge in [-0.1, -0.05) is 48.0 Å². The molecule has 0 saturated heterocycles. The molecule has 0 aliphatic carbocycles. The predicted octanol–water partition coefficient (Wildman–Crippen LogP) is 3.82. The zero-order valence-electron chi connectivity index (χ0n) is 14.5. The van der Waals surface area contributed by atoms with Crippen molar-refractivity contribution in [3.05, 3.63) is 81.4 Å². The maximum Gasteiger partial charge on any atom is 0.254 e. The summed E-state index contributed by atoms with van der Waals surface area (Å²) in [5.41, 5.74) is 2.59. The first-order valence-corrected chi connectivity index (χ1v) is 8.52. The van der Waals surface area contributed by atoms with Crippen molar-refractivity contribution in [2.45, 2.75) is 20.4 Å². The van der Waals surface area contributed by atoms with Gasteiger partial charge < -0.3 is 5.32 Å². The molecule has 5 nitrogen and oxygen atoms in total. The fourth-order valence-corrected chi connectivity index (χ4v) is 2.82. The summed E-state index contributed by atoms with van der Waals surface area (Å²) in [6, 6.07) is 16.2. The van der Waals surface area contributed by atoms with Crippen molar-refractivity contribution >= 4 is 23.2 Å². The van der Waals surface area contributed by atoms with Crippen LogP contribution in [0, 0.1) is 13.8 Å². The van der Waals surface area contributed by atoms with E-state index in [9.17, 15) is 9.59 Å². The van der Waals surface area contributed by atoms with Crippen LogP contribution in [0.4, 0.5) is 5.69 Å². The van der Waals surface area contributed by atoms with Gasteiger partial charge in [-0.05, 0) is 31.5 Å². The fourth-order valence-electron chi connectivity index (χ4n) is 2.65. The van der Waals surface area contributed by atoms with E-state index >= 15 is 0 Å². The number of aromatic nitrogens is 2. The fraction of sp³-hybridized carbons (Fsp3) is 0.150. The third-order valence-electron chi connectivity index (χ3n) is 4.11. The van der Waals surface area contributed by atoms with E-state index in [1.807, 2.05) is 37.3 Å². The van der Waals surface area contributed by atoms with Crippen molar-refractivity contribution in [2.75, 3.05) is 5.32 Å². The van der Waals surface area contributed by atoms with E-state index in [-0.39, 0.29) is 18.0 Å². The van der Waals surface area contributed by atoms with Crippen molar-refractivity contribution in [2.24, 2.45) is 0 Å². The van der Waals surface area contributed by atoms with Gasteiger partial charge >= 0.3 is 0 Å². The second-order valence-corrected chi connectivity index (χ2v) is 6.35. The molecule has 0 bridgehead atoms. The average molecular weight is 368 g/mol. The molecule has 0 atom stereocenters. The van der Waals surface area contributed by atoms with E-state index in [1.54, 1.807) is 25.1 Å². The summed E-state index contributed by atoms with van der Waals surface area (Å²) in [6.07, 6.45) is 0. The van der Waals surface area contributed by atoms with Crippen LogP contribution in [0.25, 0.3) is 11.3 Å². The standard InChI is InChI=1S/C20H18ClN3O2/c1-13-16(21)9-6-10-17(13)23-19(25)12-24-14(2)22-18(11-20(24)26)15-7-4-3-5-8-15/h3-11H,12H2,1-2H3,(H,23,25). The number of hydrogen-bond acceptors (Lipinski definition) is 3. The van der Waals surface area contributed by atoms with Gasteiger partial charge in [-0.2, -0.15) is 0 Å². The van der Waals surface area contributed by atoms with Crippen LogP contribution in [-0.4, -0.2) is 15.5 Å². The third kappa shape index (κ3) is 3.83. The van der Waals surface area contributed by atoms with Gasteiger partial charge in [0.25, 0.3) is 5.56 Å². The van der Waals surface area contributed by atoms with Crippen LogP contribution in [0.3, 0.4) is 0 Å². The lowest BCUT2D eigenvalue weighted by molar-refractivity contribution is -0.116. The number of aryl methyl sites for hydroxylation is 1. The number of hydrogen-bond donors (Lipinski definition) is 1. The molecular weight excluding hydrogens is 350 g/mol. The Labute approximate surface area is 156 Å². The number of amides is 1. The van der Waals surface area contributed by atoms with E-state index in [2.05, 4.69) is 10.3 Å². The molecule has 3 aromatic rings. The zero-order valence-corrected chi connectivity index (χ0v) is 15.2. The van der Waals surface area contributed by atoms with Crippen LogP contribution in [0.2, 0.25) is 5.02 Å². The lowest BCUT2D eigenvalue weighted by atomic mass is 10.1. The van der Waals surface area contributed by atoms with Crippen molar-refractivity contribution in [3.63, 3.8) is 0 Å². The molecule has 1 heterocycles. The maximum atomic E-state index is 12.5. The minimum Gasteiger partial charge on any atom is -0.324 e. The first kappa shape index (κ1) is 17.9. The van der Waals surface area contributed by atoms with Crippen LogP contribution < -0.4 is 10.9 Å². The number of benzene rings is 2. The number of carbonyl (C=O) groups is 1. The Morgan fingerprint density at radius 1 is 1.12 bits per heavy atom. The van der Waals surface area contributed by atoms with Gasteiger partial charge in [0, 0.05) is 22.3 Å². The second kappa shape index (κ2) is 7.54. The highest BCUT2D eigenvalue weighted by Gasteiger charge is 2.12. The maximum absolute atomic E-state index is 12.5. The van der Waals surface area contributed by atoms with Gasteiger partial charge in [-0.25, -0.2) is 4.98 Å². The molecule has 0 fully saturated rings. The third-order valence-corrected chi connectivity index (χ3v) is 4.52. The van der Waals surface area contributed by atoms with E-state index in [0.29, 0.717) is 22.2 Å². The Bertz CT molecular complexity index is 1010. The van der Waals surface area contributed by atoms with E-state index < -0.39 is 0 Å².